The molecule has 0 radical (unpaired) electrons. The molecule has 1 N–H and O–H groups in total. The van der Waals surface area contributed by atoms with Crippen molar-refractivity contribution < 1.29 is 18.7 Å². The Balaban J connectivity index is 0.000000231. The lowest BCUT2D eigenvalue weighted by molar-refractivity contribution is -0.189. The van der Waals surface area contributed by atoms with Crippen molar-refractivity contribution in [1.29, 1.82) is 0 Å². The average Bonchev–Trinajstić information content (AvgIpc) is 2.90. The van der Waals surface area contributed by atoms with Gasteiger partial charge in [0.1, 0.15) is 11.9 Å². The molecule has 3 saturated heterocycles. The van der Waals surface area contributed by atoms with Gasteiger partial charge in [0.05, 0.1) is 18.8 Å². The van der Waals surface area contributed by atoms with Crippen molar-refractivity contribution in [2.45, 2.75) is 13.0 Å². The van der Waals surface area contributed by atoms with Crippen LogP contribution >= 0.6 is 0 Å². The molecule has 3 aliphatic heterocycles. The number of hydrogen-bond acceptors (Lipinski definition) is 5. The highest BCUT2D eigenvalue weighted by Gasteiger charge is 2.33. The molecule has 24 heavy (non-hydrogen) atoms. The first-order valence-electron chi connectivity index (χ1n) is 8.01. The van der Waals surface area contributed by atoms with Crippen LogP contribution in [-0.2, 0) is 9.53 Å². The number of carbonyl (C=O) groups is 2. The molecular weight excluding hydrogens is 315 g/mol. The van der Waals surface area contributed by atoms with Crippen LogP contribution in [0, 0.1) is 5.82 Å². The van der Waals surface area contributed by atoms with E-state index in [0.717, 1.165) is 0 Å². The summed E-state index contributed by atoms with van der Waals surface area (Å²) in [6.45, 7) is 7.22. The number of fused-ring (bicyclic) bond motifs is 1. The highest BCUT2D eigenvalue weighted by atomic mass is 19.1. The molecule has 0 aliphatic carbocycles. The summed E-state index contributed by atoms with van der Waals surface area (Å²) in [5.41, 5.74) is 0.449. The van der Waals surface area contributed by atoms with Crippen LogP contribution in [0.4, 0.5) is 14.9 Å². The number of nitrogens with one attached hydrogen (secondary N) is 1. The fraction of sp³-hybridized carbons (Fsp3) is 0.500. The van der Waals surface area contributed by atoms with E-state index in [4.69, 9.17) is 4.74 Å². The zero-order valence-electron chi connectivity index (χ0n) is 13.6. The number of anilines is 1. The van der Waals surface area contributed by atoms with Crippen molar-refractivity contribution in [3.8, 4) is 0 Å². The number of nitrogens with zero attached hydrogens (tertiary/aromatic N) is 3. The molecule has 0 bridgehead atoms. The maximum atomic E-state index is 13.1. The Labute approximate surface area is 139 Å². The second-order valence-corrected chi connectivity index (χ2v) is 5.94. The fourth-order valence-corrected chi connectivity index (χ4v) is 2.73. The monoisotopic (exact) mass is 336 g/mol. The number of piperazine rings is 1. The molecule has 1 aromatic carbocycles. The molecule has 0 saturated carbocycles. The van der Waals surface area contributed by atoms with E-state index >= 15 is 0 Å². The summed E-state index contributed by atoms with van der Waals surface area (Å²) in [6, 6.07) is 5.73. The minimum Gasteiger partial charge on any atom is -0.442 e. The van der Waals surface area contributed by atoms with Crippen LogP contribution in [0.2, 0.25) is 0 Å². The predicted octanol–water partition coefficient (Wildman–Crippen LogP) is 0.820. The molecular formula is C16H21FN4O3. The molecule has 3 heterocycles. The van der Waals surface area contributed by atoms with Gasteiger partial charge in [0.15, 0.2) is 0 Å². The predicted molar refractivity (Wildman–Crippen MR) is 85.8 cm³/mol. The van der Waals surface area contributed by atoms with Gasteiger partial charge in [0, 0.05) is 33.1 Å². The largest absolute Gasteiger partial charge is 0.442 e. The van der Waals surface area contributed by atoms with Gasteiger partial charge in [-0.2, -0.15) is 0 Å². The second kappa shape index (κ2) is 7.14. The van der Waals surface area contributed by atoms with Crippen molar-refractivity contribution in [3.63, 3.8) is 0 Å². The number of amides is 2. The number of hydrogen-bond donors (Lipinski definition) is 1. The van der Waals surface area contributed by atoms with Gasteiger partial charge in [-0.3, -0.25) is 9.69 Å². The number of carbonyl (C=O) groups excluding carboxylic acids is 2. The van der Waals surface area contributed by atoms with Crippen LogP contribution < -0.4 is 10.2 Å². The van der Waals surface area contributed by atoms with Crippen LogP contribution in [-0.4, -0.2) is 67.4 Å². The summed E-state index contributed by atoms with van der Waals surface area (Å²) in [4.78, 5) is 23.7. The van der Waals surface area contributed by atoms with Crippen LogP contribution in [0.25, 0.3) is 0 Å². The maximum absolute atomic E-state index is 13.1. The molecule has 1 aromatic rings. The summed E-state index contributed by atoms with van der Waals surface area (Å²) in [6.07, 6.45) is -0.944. The van der Waals surface area contributed by atoms with Gasteiger partial charge in [-0.05, 0) is 18.2 Å². The van der Waals surface area contributed by atoms with Crippen LogP contribution in [0.15, 0.2) is 24.3 Å². The molecule has 7 nitrogen and oxygen atoms in total. The maximum Gasteiger partial charge on any atom is 0.414 e. The van der Waals surface area contributed by atoms with Crippen molar-refractivity contribution in [2.24, 2.45) is 0 Å². The van der Waals surface area contributed by atoms with E-state index in [-0.39, 0.29) is 12.5 Å². The molecule has 1 atom stereocenters. The van der Waals surface area contributed by atoms with Crippen LogP contribution in [0.3, 0.4) is 0 Å². The van der Waals surface area contributed by atoms with E-state index in [9.17, 15) is 14.0 Å². The molecule has 3 fully saturated rings. The van der Waals surface area contributed by atoms with E-state index in [0.29, 0.717) is 12.2 Å². The second-order valence-electron chi connectivity index (χ2n) is 5.94. The van der Waals surface area contributed by atoms with Gasteiger partial charge in [-0.15, -0.1) is 0 Å². The van der Waals surface area contributed by atoms with Gasteiger partial charge in [0.2, 0.25) is 5.91 Å². The number of ether oxygens (including phenoxy) is 1. The Bertz CT molecular complexity index is 609. The van der Waals surface area contributed by atoms with Gasteiger partial charge >= 0.3 is 6.09 Å². The summed E-state index contributed by atoms with van der Waals surface area (Å²) in [5.74, 6) is -0.596. The lowest BCUT2D eigenvalue weighted by Crippen LogP contribution is -2.68. The van der Waals surface area contributed by atoms with Crippen molar-refractivity contribution in [3.05, 3.63) is 30.1 Å². The van der Waals surface area contributed by atoms with E-state index in [1.165, 1.54) is 56.2 Å². The Morgan fingerprint density at radius 2 is 1.96 bits per heavy atom. The molecule has 4 rings (SSSR count). The smallest absolute Gasteiger partial charge is 0.414 e. The van der Waals surface area contributed by atoms with E-state index in [1.54, 1.807) is 6.07 Å². The zero-order valence-corrected chi connectivity index (χ0v) is 13.6. The molecule has 0 aromatic heterocycles. The highest BCUT2D eigenvalue weighted by molar-refractivity contribution is 5.89. The minimum atomic E-state index is -0.532. The third kappa shape index (κ3) is 3.82. The third-order valence-electron chi connectivity index (χ3n) is 4.21. The standard InChI is InChI=1S/C12H13FN2O3.C4H8N2/c1-8(16)14-6-11-7-15(12(17)18-11)10-4-2-3-9(13)5-10;1-2-6-4-3-5(1)6/h2-5,11H,6-7H2,1H3,(H,14,16);1-4H2. The fourth-order valence-electron chi connectivity index (χ4n) is 2.73. The highest BCUT2D eigenvalue weighted by Crippen LogP contribution is 2.22. The van der Waals surface area contributed by atoms with Crippen LogP contribution in [0.5, 0.6) is 0 Å². The van der Waals surface area contributed by atoms with Gasteiger partial charge in [0.25, 0.3) is 0 Å². The van der Waals surface area contributed by atoms with Gasteiger partial charge < -0.3 is 10.1 Å². The van der Waals surface area contributed by atoms with Crippen molar-refractivity contribution in [2.75, 3.05) is 44.2 Å². The SMILES string of the molecule is C1CN2CCN12.CC(=O)NCC1CN(c2cccc(F)c2)C(=O)O1. The topological polar surface area (TPSA) is 65.1 Å². The number of halogens is 1. The average molecular weight is 336 g/mol. The molecule has 130 valence electrons. The summed E-state index contributed by atoms with van der Waals surface area (Å²) < 4.78 is 18.1. The minimum absolute atomic E-state index is 0.185. The third-order valence-corrected chi connectivity index (χ3v) is 4.21. The molecule has 0 spiro atoms. The number of hydrazine groups is 1. The first kappa shape index (κ1) is 16.7. The number of cyclic esters (lactones) is 1. The van der Waals surface area contributed by atoms with E-state index < -0.39 is 18.0 Å². The molecule has 8 heteroatoms. The summed E-state index contributed by atoms with van der Waals surface area (Å²) in [7, 11) is 0. The van der Waals surface area contributed by atoms with E-state index in [2.05, 4.69) is 15.3 Å². The van der Waals surface area contributed by atoms with Crippen LogP contribution in [0.1, 0.15) is 6.92 Å². The summed E-state index contributed by atoms with van der Waals surface area (Å²) >= 11 is 0. The lowest BCUT2D eigenvalue weighted by atomic mass is 10.2. The molecule has 3 aliphatic rings. The Kier molecular flexibility index (Phi) is 4.96. The first-order valence-corrected chi connectivity index (χ1v) is 8.01. The van der Waals surface area contributed by atoms with Gasteiger partial charge in [-0.1, -0.05) is 6.07 Å². The zero-order chi connectivity index (χ0) is 17.1. The lowest BCUT2D eigenvalue weighted by Gasteiger charge is -2.52. The van der Waals surface area contributed by atoms with Gasteiger partial charge in [-0.25, -0.2) is 19.2 Å². The Morgan fingerprint density at radius 3 is 2.46 bits per heavy atom. The molecule has 1 unspecified atom stereocenters. The van der Waals surface area contributed by atoms with Crippen molar-refractivity contribution >= 4 is 17.7 Å². The van der Waals surface area contributed by atoms with Crippen molar-refractivity contribution in [1.82, 2.24) is 15.3 Å². The first-order chi connectivity index (χ1) is 11.5. The Hall–Kier alpha value is -2.19. The molecule has 2 amide bonds. The quantitative estimate of drug-likeness (QED) is 0.885. The normalized spacial score (nSPS) is 22.5. The Morgan fingerprint density at radius 1 is 1.29 bits per heavy atom. The number of benzene rings is 1. The number of rotatable bonds is 3. The summed E-state index contributed by atoms with van der Waals surface area (Å²) in [5, 5.41) is 7.30. The van der Waals surface area contributed by atoms with E-state index in [1.807, 2.05) is 0 Å².